The maximum absolute atomic E-state index is 12.2. The number of rotatable bonds is 3. The van der Waals surface area contributed by atoms with Gasteiger partial charge in [0.05, 0.1) is 29.5 Å². The van der Waals surface area contributed by atoms with Crippen molar-refractivity contribution in [3.8, 4) is 0 Å². The number of nitrogen functional groups attached to an aromatic ring is 1. The summed E-state index contributed by atoms with van der Waals surface area (Å²) in [5.41, 5.74) is 6.84. The minimum absolute atomic E-state index is 0.0548. The number of nitrogens with zero attached hydrogens (tertiary/aromatic N) is 1. The summed E-state index contributed by atoms with van der Waals surface area (Å²) in [6, 6.07) is 4.87. The van der Waals surface area contributed by atoms with Crippen LogP contribution in [0.25, 0.3) is 0 Å². The van der Waals surface area contributed by atoms with Crippen molar-refractivity contribution in [3.05, 3.63) is 23.2 Å². The molecule has 1 aromatic rings. The van der Waals surface area contributed by atoms with Crippen molar-refractivity contribution >= 4 is 28.9 Å². The highest BCUT2D eigenvalue weighted by Crippen LogP contribution is 2.22. The summed E-state index contributed by atoms with van der Waals surface area (Å²) in [5.74, 6) is -0.0548. The number of nitrogens with one attached hydrogen (secondary N) is 1. The Hall–Kier alpha value is -1.30. The maximum atomic E-state index is 12.2. The lowest BCUT2D eigenvalue weighted by molar-refractivity contribution is -0.123. The monoisotopic (exact) mass is 297 g/mol. The van der Waals surface area contributed by atoms with Crippen LogP contribution in [0, 0.1) is 0 Å². The second-order valence-corrected chi connectivity index (χ2v) is 5.49. The molecule has 1 amide bonds. The summed E-state index contributed by atoms with van der Waals surface area (Å²) in [7, 11) is 0. The summed E-state index contributed by atoms with van der Waals surface area (Å²) in [6.07, 6.45) is 0.158. The first-order chi connectivity index (χ1) is 9.47. The fourth-order valence-electron chi connectivity index (χ4n) is 2.23. The SMILES string of the molecule is CC1CN(C(C)C(=O)Nc2ccc(Cl)c(N)c2)CCO1. The van der Waals surface area contributed by atoms with Gasteiger partial charge in [0, 0.05) is 18.8 Å². The molecule has 1 aliphatic rings. The average molecular weight is 298 g/mol. The number of anilines is 2. The number of carbonyl (C=O) groups is 1. The molecule has 2 unspecified atom stereocenters. The number of hydrogen-bond acceptors (Lipinski definition) is 4. The highest BCUT2D eigenvalue weighted by Gasteiger charge is 2.26. The van der Waals surface area contributed by atoms with Gasteiger partial charge in [0.2, 0.25) is 5.91 Å². The molecule has 6 heteroatoms. The van der Waals surface area contributed by atoms with Crippen LogP contribution in [0.5, 0.6) is 0 Å². The zero-order chi connectivity index (χ0) is 14.7. The Morgan fingerprint density at radius 1 is 1.60 bits per heavy atom. The van der Waals surface area contributed by atoms with Gasteiger partial charge in [-0.2, -0.15) is 0 Å². The van der Waals surface area contributed by atoms with Crippen LogP contribution in [-0.4, -0.2) is 42.6 Å². The third-order valence-electron chi connectivity index (χ3n) is 3.46. The number of benzene rings is 1. The van der Waals surface area contributed by atoms with Crippen molar-refractivity contribution in [2.75, 3.05) is 30.7 Å². The van der Waals surface area contributed by atoms with E-state index >= 15 is 0 Å². The number of carbonyl (C=O) groups excluding carboxylic acids is 1. The normalized spacial score (nSPS) is 21.4. The molecule has 1 saturated heterocycles. The highest BCUT2D eigenvalue weighted by atomic mass is 35.5. The first kappa shape index (κ1) is 15.1. The molecule has 0 bridgehead atoms. The van der Waals surface area contributed by atoms with Crippen LogP contribution in [0.3, 0.4) is 0 Å². The molecule has 1 fully saturated rings. The van der Waals surface area contributed by atoms with Crippen LogP contribution in [0.1, 0.15) is 13.8 Å². The Balaban J connectivity index is 1.98. The van der Waals surface area contributed by atoms with Gasteiger partial charge in [0.25, 0.3) is 0 Å². The van der Waals surface area contributed by atoms with E-state index in [0.29, 0.717) is 23.0 Å². The molecule has 20 heavy (non-hydrogen) atoms. The first-order valence-electron chi connectivity index (χ1n) is 6.69. The summed E-state index contributed by atoms with van der Waals surface area (Å²) >= 11 is 5.86. The van der Waals surface area contributed by atoms with E-state index in [1.165, 1.54) is 0 Å². The van der Waals surface area contributed by atoms with Crippen LogP contribution in [-0.2, 0) is 9.53 Å². The van der Waals surface area contributed by atoms with Crippen molar-refractivity contribution in [2.45, 2.75) is 26.0 Å². The largest absolute Gasteiger partial charge is 0.397 e. The van der Waals surface area contributed by atoms with Gasteiger partial charge in [0.1, 0.15) is 0 Å². The fourth-order valence-corrected chi connectivity index (χ4v) is 2.35. The van der Waals surface area contributed by atoms with Crippen LogP contribution in [0.4, 0.5) is 11.4 Å². The number of hydrogen-bond donors (Lipinski definition) is 2. The lowest BCUT2D eigenvalue weighted by atomic mass is 10.2. The van der Waals surface area contributed by atoms with Gasteiger partial charge in [-0.3, -0.25) is 9.69 Å². The van der Waals surface area contributed by atoms with E-state index in [1.807, 2.05) is 13.8 Å². The van der Waals surface area contributed by atoms with E-state index in [1.54, 1.807) is 18.2 Å². The van der Waals surface area contributed by atoms with Crippen molar-refractivity contribution in [1.29, 1.82) is 0 Å². The zero-order valence-corrected chi connectivity index (χ0v) is 12.5. The molecule has 1 aliphatic heterocycles. The Labute approximate surface area is 124 Å². The van der Waals surface area contributed by atoms with Gasteiger partial charge in [0.15, 0.2) is 0 Å². The molecule has 2 rings (SSSR count). The molecule has 0 spiro atoms. The standard InChI is InChI=1S/C14H20ClN3O2/c1-9-8-18(5-6-20-9)10(2)14(19)17-11-3-4-12(15)13(16)7-11/h3-4,7,9-10H,5-6,8,16H2,1-2H3,(H,17,19). The predicted molar refractivity (Wildman–Crippen MR) is 80.9 cm³/mol. The third kappa shape index (κ3) is 3.62. The number of morpholine rings is 1. The summed E-state index contributed by atoms with van der Waals surface area (Å²) in [4.78, 5) is 14.4. The molecule has 0 radical (unpaired) electrons. The topological polar surface area (TPSA) is 67.6 Å². The van der Waals surface area contributed by atoms with Gasteiger partial charge in [-0.25, -0.2) is 0 Å². The van der Waals surface area contributed by atoms with E-state index in [-0.39, 0.29) is 18.1 Å². The van der Waals surface area contributed by atoms with Crippen molar-refractivity contribution in [2.24, 2.45) is 0 Å². The minimum atomic E-state index is -0.210. The van der Waals surface area contributed by atoms with Crippen molar-refractivity contribution in [3.63, 3.8) is 0 Å². The third-order valence-corrected chi connectivity index (χ3v) is 3.81. The number of ether oxygens (including phenoxy) is 1. The summed E-state index contributed by atoms with van der Waals surface area (Å²) in [6.45, 7) is 6.09. The van der Waals surface area contributed by atoms with Gasteiger partial charge >= 0.3 is 0 Å². The highest BCUT2D eigenvalue weighted by molar-refractivity contribution is 6.33. The molecule has 110 valence electrons. The van der Waals surface area contributed by atoms with E-state index in [0.717, 1.165) is 13.1 Å². The second-order valence-electron chi connectivity index (χ2n) is 5.08. The maximum Gasteiger partial charge on any atom is 0.241 e. The lowest BCUT2D eigenvalue weighted by Crippen LogP contribution is -2.50. The number of halogens is 1. The second kappa shape index (κ2) is 6.43. The van der Waals surface area contributed by atoms with Crippen molar-refractivity contribution in [1.82, 2.24) is 4.90 Å². The molecule has 3 N–H and O–H groups in total. The van der Waals surface area contributed by atoms with Crippen molar-refractivity contribution < 1.29 is 9.53 Å². The molecule has 0 saturated carbocycles. The van der Waals surface area contributed by atoms with Crippen LogP contribution < -0.4 is 11.1 Å². The molecule has 0 aromatic heterocycles. The van der Waals surface area contributed by atoms with Gasteiger partial charge in [-0.05, 0) is 32.0 Å². The van der Waals surface area contributed by atoms with Gasteiger partial charge in [-0.1, -0.05) is 11.6 Å². The van der Waals surface area contributed by atoms with E-state index in [2.05, 4.69) is 10.2 Å². The molecule has 1 aromatic carbocycles. The smallest absolute Gasteiger partial charge is 0.241 e. The van der Waals surface area contributed by atoms with Crippen LogP contribution in [0.15, 0.2) is 18.2 Å². The molecular weight excluding hydrogens is 278 g/mol. The molecule has 5 nitrogen and oxygen atoms in total. The summed E-state index contributed by atoms with van der Waals surface area (Å²) < 4.78 is 5.48. The van der Waals surface area contributed by atoms with E-state index < -0.39 is 0 Å². The average Bonchev–Trinajstić information content (AvgIpc) is 2.42. The Morgan fingerprint density at radius 3 is 3.00 bits per heavy atom. The number of nitrogens with two attached hydrogens (primary N) is 1. The Morgan fingerprint density at radius 2 is 2.35 bits per heavy atom. The molecule has 0 aliphatic carbocycles. The summed E-state index contributed by atoms with van der Waals surface area (Å²) in [5, 5.41) is 3.35. The Bertz CT molecular complexity index is 495. The Kier molecular flexibility index (Phi) is 4.86. The first-order valence-corrected chi connectivity index (χ1v) is 7.06. The molecule has 2 atom stereocenters. The van der Waals surface area contributed by atoms with Gasteiger partial charge in [-0.15, -0.1) is 0 Å². The fraction of sp³-hybridized carbons (Fsp3) is 0.500. The quantitative estimate of drug-likeness (QED) is 0.837. The molecular formula is C14H20ClN3O2. The predicted octanol–water partition coefficient (Wildman–Crippen LogP) is 1.97. The van der Waals surface area contributed by atoms with Gasteiger partial charge < -0.3 is 15.8 Å². The minimum Gasteiger partial charge on any atom is -0.397 e. The van der Waals surface area contributed by atoms with E-state index in [9.17, 15) is 4.79 Å². The van der Waals surface area contributed by atoms with Crippen LogP contribution >= 0.6 is 11.6 Å². The lowest BCUT2D eigenvalue weighted by Gasteiger charge is -2.34. The molecule has 1 heterocycles. The zero-order valence-electron chi connectivity index (χ0n) is 11.7. The van der Waals surface area contributed by atoms with Crippen LogP contribution in [0.2, 0.25) is 5.02 Å². The number of amides is 1. The van der Waals surface area contributed by atoms with E-state index in [4.69, 9.17) is 22.1 Å².